The van der Waals surface area contributed by atoms with Gasteiger partial charge in [0.25, 0.3) is 5.91 Å². The van der Waals surface area contributed by atoms with Gasteiger partial charge in [-0.1, -0.05) is 6.07 Å². The molecule has 4 rings (SSSR count). The van der Waals surface area contributed by atoms with Crippen molar-refractivity contribution in [1.29, 1.82) is 0 Å². The van der Waals surface area contributed by atoms with Crippen LogP contribution >= 0.6 is 0 Å². The van der Waals surface area contributed by atoms with Crippen LogP contribution in [0.25, 0.3) is 11.5 Å². The summed E-state index contributed by atoms with van der Waals surface area (Å²) in [6, 6.07) is 7.27. The number of nitrogens with zero attached hydrogens (tertiary/aromatic N) is 3. The summed E-state index contributed by atoms with van der Waals surface area (Å²) in [6.45, 7) is 0.423. The maximum atomic E-state index is 13.7. The van der Waals surface area contributed by atoms with Gasteiger partial charge in [-0.3, -0.25) is 9.78 Å². The quantitative estimate of drug-likeness (QED) is 0.699. The number of pyridine rings is 1. The zero-order chi connectivity index (χ0) is 20.2. The van der Waals surface area contributed by atoms with Gasteiger partial charge >= 0.3 is 0 Å². The normalized spacial score (nSPS) is 19.1. The van der Waals surface area contributed by atoms with E-state index < -0.39 is 17.5 Å². The van der Waals surface area contributed by atoms with Crippen LogP contribution in [0.3, 0.4) is 0 Å². The summed E-state index contributed by atoms with van der Waals surface area (Å²) in [5.41, 5.74) is 0.514. The molecule has 1 aromatic carbocycles. The first kappa shape index (κ1) is 19.2. The molecule has 0 saturated heterocycles. The topological polar surface area (TPSA) is 80.9 Å². The highest BCUT2D eigenvalue weighted by Gasteiger charge is 2.27. The van der Waals surface area contributed by atoms with Gasteiger partial charge in [-0.25, -0.2) is 8.78 Å². The molecule has 3 aromatic rings. The minimum Gasteiger partial charge on any atom is -0.420 e. The van der Waals surface area contributed by atoms with E-state index >= 15 is 0 Å². The predicted octanol–water partition coefficient (Wildman–Crippen LogP) is 4.11. The fraction of sp³-hybridized carbons (Fsp3) is 0.333. The molecule has 0 radical (unpaired) electrons. The Kier molecular flexibility index (Phi) is 5.59. The van der Waals surface area contributed by atoms with E-state index in [0.29, 0.717) is 18.3 Å². The van der Waals surface area contributed by atoms with Gasteiger partial charge in [-0.2, -0.15) is 0 Å². The molecule has 1 N–H and O–H groups in total. The molecule has 0 aliphatic heterocycles. The Balaban J connectivity index is 1.29. The maximum Gasteiger partial charge on any atom is 0.254 e. The Bertz CT molecular complexity index is 985. The van der Waals surface area contributed by atoms with Gasteiger partial charge < -0.3 is 9.73 Å². The Labute approximate surface area is 166 Å². The number of halogens is 2. The van der Waals surface area contributed by atoms with Crippen LogP contribution in [0.1, 0.15) is 47.8 Å². The number of hydrogen-bond donors (Lipinski definition) is 1. The molecule has 0 spiro atoms. The molecular weight excluding hydrogens is 378 g/mol. The second kappa shape index (κ2) is 8.46. The van der Waals surface area contributed by atoms with E-state index in [0.717, 1.165) is 37.3 Å². The average Bonchev–Trinajstić information content (AvgIpc) is 3.25. The lowest BCUT2D eigenvalue weighted by molar-refractivity contribution is 0.0937. The van der Waals surface area contributed by atoms with E-state index in [1.165, 1.54) is 12.1 Å². The van der Waals surface area contributed by atoms with Gasteiger partial charge in [0.2, 0.25) is 11.8 Å². The molecule has 1 aliphatic carbocycles. The fourth-order valence-corrected chi connectivity index (χ4v) is 3.63. The van der Waals surface area contributed by atoms with E-state index in [9.17, 15) is 13.6 Å². The van der Waals surface area contributed by atoms with Crippen molar-refractivity contribution in [3.05, 3.63) is 65.8 Å². The SMILES string of the molecule is O=C(NCC1CCC(c2nnc(-c3cccnc3)o2)CC1)c1cccc(F)c1F. The van der Waals surface area contributed by atoms with Gasteiger partial charge in [-0.05, 0) is 55.9 Å². The molecule has 150 valence electrons. The van der Waals surface area contributed by atoms with Crippen molar-refractivity contribution in [2.75, 3.05) is 6.54 Å². The minimum absolute atomic E-state index is 0.181. The van der Waals surface area contributed by atoms with Crippen LogP contribution in [0.15, 0.2) is 47.1 Å². The van der Waals surface area contributed by atoms with Crippen LogP contribution in [-0.2, 0) is 0 Å². The van der Waals surface area contributed by atoms with Crippen molar-refractivity contribution in [2.24, 2.45) is 5.92 Å². The van der Waals surface area contributed by atoms with E-state index in [1.807, 2.05) is 12.1 Å². The van der Waals surface area contributed by atoms with Crippen molar-refractivity contribution in [2.45, 2.75) is 31.6 Å². The van der Waals surface area contributed by atoms with Gasteiger partial charge in [0.1, 0.15) is 0 Å². The van der Waals surface area contributed by atoms with Crippen LogP contribution in [0.2, 0.25) is 0 Å². The van der Waals surface area contributed by atoms with E-state index in [4.69, 9.17) is 4.42 Å². The van der Waals surface area contributed by atoms with E-state index in [2.05, 4.69) is 20.5 Å². The Morgan fingerprint density at radius 3 is 2.69 bits per heavy atom. The predicted molar refractivity (Wildman–Crippen MR) is 101 cm³/mol. The Morgan fingerprint density at radius 2 is 1.93 bits per heavy atom. The lowest BCUT2D eigenvalue weighted by Crippen LogP contribution is -2.31. The lowest BCUT2D eigenvalue weighted by atomic mass is 9.82. The Hall–Kier alpha value is -3.16. The molecular formula is C21H20F2N4O2. The van der Waals surface area contributed by atoms with E-state index in [-0.39, 0.29) is 17.4 Å². The molecule has 8 heteroatoms. The number of carbonyl (C=O) groups excluding carboxylic acids is 1. The summed E-state index contributed by atoms with van der Waals surface area (Å²) in [4.78, 5) is 16.2. The first-order valence-corrected chi connectivity index (χ1v) is 9.58. The zero-order valence-corrected chi connectivity index (χ0v) is 15.6. The third kappa shape index (κ3) is 4.31. The summed E-state index contributed by atoms with van der Waals surface area (Å²) in [5, 5.41) is 11.0. The third-order valence-corrected chi connectivity index (χ3v) is 5.29. The summed E-state index contributed by atoms with van der Waals surface area (Å²) in [7, 11) is 0. The summed E-state index contributed by atoms with van der Waals surface area (Å²) in [5.74, 6) is -1.21. The molecule has 1 aliphatic rings. The number of nitrogens with one attached hydrogen (secondary N) is 1. The van der Waals surface area contributed by atoms with Gasteiger partial charge in [0.15, 0.2) is 11.6 Å². The van der Waals surface area contributed by atoms with Crippen molar-refractivity contribution in [1.82, 2.24) is 20.5 Å². The standard InChI is InChI=1S/C21H20F2N4O2/c22-17-5-1-4-16(18(17)23)19(28)25-11-13-6-8-14(9-7-13)20-26-27-21(29-20)15-3-2-10-24-12-15/h1-5,10,12-14H,6-9,11H2,(H,25,28). The second-order valence-electron chi connectivity index (χ2n) is 7.22. The first-order chi connectivity index (χ1) is 14.1. The monoisotopic (exact) mass is 398 g/mol. The Morgan fingerprint density at radius 1 is 1.10 bits per heavy atom. The van der Waals surface area contributed by atoms with Crippen LogP contribution in [0.5, 0.6) is 0 Å². The number of rotatable bonds is 5. The highest BCUT2D eigenvalue weighted by Crippen LogP contribution is 2.35. The molecule has 1 fully saturated rings. The first-order valence-electron chi connectivity index (χ1n) is 9.58. The van der Waals surface area contributed by atoms with Crippen molar-refractivity contribution in [3.8, 4) is 11.5 Å². The van der Waals surface area contributed by atoms with Gasteiger partial charge in [-0.15, -0.1) is 10.2 Å². The van der Waals surface area contributed by atoms with Crippen LogP contribution in [0, 0.1) is 17.6 Å². The number of hydrogen-bond acceptors (Lipinski definition) is 5. The number of amides is 1. The third-order valence-electron chi connectivity index (χ3n) is 5.29. The fourth-order valence-electron chi connectivity index (χ4n) is 3.63. The minimum atomic E-state index is -1.12. The van der Waals surface area contributed by atoms with Crippen molar-refractivity contribution >= 4 is 5.91 Å². The maximum absolute atomic E-state index is 13.7. The summed E-state index contributed by atoms with van der Waals surface area (Å²) < 4.78 is 32.8. The highest BCUT2D eigenvalue weighted by atomic mass is 19.2. The van der Waals surface area contributed by atoms with Crippen molar-refractivity contribution < 1.29 is 18.0 Å². The molecule has 2 aromatic heterocycles. The van der Waals surface area contributed by atoms with Gasteiger partial charge in [0.05, 0.1) is 11.1 Å². The van der Waals surface area contributed by atoms with Crippen molar-refractivity contribution in [3.63, 3.8) is 0 Å². The zero-order valence-electron chi connectivity index (χ0n) is 15.6. The van der Waals surface area contributed by atoms with Gasteiger partial charge in [0, 0.05) is 24.9 Å². The average molecular weight is 398 g/mol. The number of carbonyl (C=O) groups is 1. The molecule has 2 heterocycles. The molecule has 1 amide bonds. The second-order valence-corrected chi connectivity index (χ2v) is 7.22. The molecule has 1 saturated carbocycles. The highest BCUT2D eigenvalue weighted by molar-refractivity contribution is 5.94. The summed E-state index contributed by atoms with van der Waals surface area (Å²) in [6.07, 6.45) is 6.84. The molecule has 6 nitrogen and oxygen atoms in total. The number of aromatic nitrogens is 3. The molecule has 29 heavy (non-hydrogen) atoms. The molecule has 0 unspecified atom stereocenters. The summed E-state index contributed by atoms with van der Waals surface area (Å²) >= 11 is 0. The molecule has 0 atom stereocenters. The smallest absolute Gasteiger partial charge is 0.254 e. The largest absolute Gasteiger partial charge is 0.420 e. The lowest BCUT2D eigenvalue weighted by Gasteiger charge is -2.26. The van der Waals surface area contributed by atoms with E-state index in [1.54, 1.807) is 12.4 Å². The molecule has 0 bridgehead atoms. The number of benzene rings is 1. The van der Waals surface area contributed by atoms with Crippen LogP contribution in [0.4, 0.5) is 8.78 Å². The van der Waals surface area contributed by atoms with Crippen LogP contribution < -0.4 is 5.32 Å². The van der Waals surface area contributed by atoms with Crippen LogP contribution in [-0.4, -0.2) is 27.6 Å².